The standard InChI is InChI=1S/C30H39N5O6/c1-40-24-11-9-23(10-12-24)34-19-17-33(18-20-34)15-6-14-31-27(36)7-4-3-5-16-35-28(37)25-13-8-22(29(38)41-2)21-26(25)32-30(35)39/h8-13,21,25H,3-7,14-20H2,1-2H3,(H,31,36). The van der Waals surface area contributed by atoms with Crippen LogP contribution in [0.15, 0.2) is 53.1 Å². The number of rotatable bonds is 13. The lowest BCUT2D eigenvalue weighted by atomic mass is 9.92. The molecule has 0 spiro atoms. The van der Waals surface area contributed by atoms with Gasteiger partial charge in [-0.25, -0.2) is 9.59 Å². The van der Waals surface area contributed by atoms with Crippen molar-refractivity contribution < 1.29 is 28.7 Å². The highest BCUT2D eigenvalue weighted by molar-refractivity contribution is 6.23. The van der Waals surface area contributed by atoms with Crippen LogP contribution in [-0.4, -0.2) is 99.4 Å². The van der Waals surface area contributed by atoms with Gasteiger partial charge in [-0.2, -0.15) is 4.99 Å². The highest BCUT2D eigenvalue weighted by Crippen LogP contribution is 2.23. The molecule has 220 valence electrons. The van der Waals surface area contributed by atoms with Crippen molar-refractivity contribution in [3.05, 3.63) is 48.1 Å². The minimum Gasteiger partial charge on any atom is -0.497 e. The minimum atomic E-state index is -0.677. The molecule has 4 amide bonds. The number of carbonyl (C=O) groups excluding carboxylic acids is 4. The predicted octanol–water partition coefficient (Wildman–Crippen LogP) is 2.57. The number of ether oxygens (including phenoxy) is 2. The molecule has 11 heteroatoms. The van der Waals surface area contributed by atoms with E-state index in [4.69, 9.17) is 4.74 Å². The van der Waals surface area contributed by atoms with Crippen molar-refractivity contribution in [1.29, 1.82) is 0 Å². The normalized spacial score (nSPS) is 18.9. The molecular formula is C30H39N5O6. The van der Waals surface area contributed by atoms with E-state index in [9.17, 15) is 19.2 Å². The average Bonchev–Trinajstić information content (AvgIpc) is 3.00. The first-order chi connectivity index (χ1) is 19.9. The Kier molecular flexibility index (Phi) is 10.7. The molecule has 1 aromatic rings. The van der Waals surface area contributed by atoms with Crippen LogP contribution in [0.3, 0.4) is 0 Å². The Morgan fingerprint density at radius 2 is 1.73 bits per heavy atom. The third-order valence-electron chi connectivity index (χ3n) is 7.57. The van der Waals surface area contributed by atoms with Crippen molar-refractivity contribution in [1.82, 2.24) is 15.1 Å². The number of nitrogens with one attached hydrogen (secondary N) is 1. The van der Waals surface area contributed by atoms with Crippen LogP contribution in [0.5, 0.6) is 5.75 Å². The number of anilines is 1. The summed E-state index contributed by atoms with van der Waals surface area (Å²) < 4.78 is 9.92. The van der Waals surface area contributed by atoms with E-state index < -0.39 is 17.9 Å². The van der Waals surface area contributed by atoms with E-state index in [1.54, 1.807) is 13.2 Å². The monoisotopic (exact) mass is 565 g/mol. The summed E-state index contributed by atoms with van der Waals surface area (Å²) in [5.41, 5.74) is 1.72. The average molecular weight is 566 g/mol. The number of amides is 4. The molecule has 41 heavy (non-hydrogen) atoms. The van der Waals surface area contributed by atoms with E-state index >= 15 is 0 Å². The smallest absolute Gasteiger partial charge is 0.350 e. The Morgan fingerprint density at radius 3 is 2.44 bits per heavy atom. The molecule has 0 aromatic heterocycles. The summed E-state index contributed by atoms with van der Waals surface area (Å²) in [5, 5.41) is 3.00. The Morgan fingerprint density at radius 1 is 0.976 bits per heavy atom. The lowest BCUT2D eigenvalue weighted by molar-refractivity contribution is -0.136. The zero-order chi connectivity index (χ0) is 29.2. The van der Waals surface area contributed by atoms with E-state index in [2.05, 4.69) is 37.0 Å². The first-order valence-electron chi connectivity index (χ1n) is 14.2. The van der Waals surface area contributed by atoms with Gasteiger partial charge in [-0.1, -0.05) is 18.6 Å². The van der Waals surface area contributed by atoms with Gasteiger partial charge in [0, 0.05) is 51.4 Å². The zero-order valence-electron chi connectivity index (χ0n) is 23.8. The van der Waals surface area contributed by atoms with E-state index in [1.165, 1.54) is 24.9 Å². The number of carbonyl (C=O) groups is 4. The van der Waals surface area contributed by atoms with Crippen molar-refractivity contribution >= 4 is 35.2 Å². The number of benzene rings is 1. The quantitative estimate of drug-likeness (QED) is 0.286. The predicted molar refractivity (Wildman–Crippen MR) is 155 cm³/mol. The third kappa shape index (κ3) is 8.03. The Balaban J connectivity index is 1.06. The zero-order valence-corrected chi connectivity index (χ0v) is 23.8. The molecule has 2 heterocycles. The number of allylic oxidation sites excluding steroid dienone is 1. The van der Waals surface area contributed by atoms with Crippen LogP contribution in [0.25, 0.3) is 0 Å². The molecule has 1 atom stereocenters. The molecule has 0 radical (unpaired) electrons. The number of imide groups is 1. The van der Waals surface area contributed by atoms with E-state index in [1.807, 2.05) is 12.1 Å². The van der Waals surface area contributed by atoms with E-state index in [0.29, 0.717) is 32.2 Å². The molecule has 1 saturated heterocycles. The van der Waals surface area contributed by atoms with Crippen molar-refractivity contribution in [2.75, 3.05) is 64.9 Å². The molecule has 0 saturated carbocycles. The van der Waals surface area contributed by atoms with Gasteiger partial charge in [0.25, 0.3) is 0 Å². The maximum absolute atomic E-state index is 12.8. The molecule has 1 aliphatic carbocycles. The van der Waals surface area contributed by atoms with Gasteiger partial charge >= 0.3 is 12.0 Å². The second-order valence-electron chi connectivity index (χ2n) is 10.3. The van der Waals surface area contributed by atoms with E-state index in [-0.39, 0.29) is 29.6 Å². The summed E-state index contributed by atoms with van der Waals surface area (Å²) in [6.45, 7) is 5.80. The number of piperazine rings is 1. The summed E-state index contributed by atoms with van der Waals surface area (Å²) in [5.74, 6) is -0.689. The fourth-order valence-corrected chi connectivity index (χ4v) is 5.16. The fourth-order valence-electron chi connectivity index (χ4n) is 5.16. The molecule has 3 aliphatic rings. The van der Waals surface area contributed by atoms with Gasteiger partial charge < -0.3 is 19.7 Å². The number of methoxy groups -OCH3 is 2. The highest BCUT2D eigenvalue weighted by Gasteiger charge is 2.36. The van der Waals surface area contributed by atoms with Crippen molar-refractivity contribution in [2.24, 2.45) is 10.9 Å². The van der Waals surface area contributed by atoms with Gasteiger partial charge in [-0.05, 0) is 56.1 Å². The summed E-state index contributed by atoms with van der Waals surface area (Å²) in [6, 6.07) is 7.54. The van der Waals surface area contributed by atoms with Crippen LogP contribution >= 0.6 is 0 Å². The van der Waals surface area contributed by atoms with Gasteiger partial charge in [0.1, 0.15) is 5.75 Å². The number of hydrogen-bond donors (Lipinski definition) is 1. The van der Waals surface area contributed by atoms with Crippen molar-refractivity contribution in [2.45, 2.75) is 32.1 Å². The minimum absolute atomic E-state index is 0.0224. The van der Waals surface area contributed by atoms with Gasteiger partial charge in [0.2, 0.25) is 11.8 Å². The largest absolute Gasteiger partial charge is 0.497 e. The van der Waals surface area contributed by atoms with Gasteiger partial charge in [0.05, 0.1) is 31.4 Å². The van der Waals surface area contributed by atoms with Gasteiger partial charge in [-0.3, -0.25) is 19.4 Å². The summed E-state index contributed by atoms with van der Waals surface area (Å²) in [6.07, 6.45) is 7.82. The molecular weight excluding hydrogens is 526 g/mol. The Labute approximate surface area is 240 Å². The number of unbranched alkanes of at least 4 members (excludes halogenated alkanes) is 2. The lowest BCUT2D eigenvalue weighted by Crippen LogP contribution is -2.47. The fraction of sp³-hybridized carbons (Fsp3) is 0.500. The van der Waals surface area contributed by atoms with Crippen LogP contribution in [0.1, 0.15) is 32.1 Å². The van der Waals surface area contributed by atoms with Gasteiger partial charge in [0.15, 0.2) is 0 Å². The number of hydrogen-bond acceptors (Lipinski definition) is 8. The van der Waals surface area contributed by atoms with Gasteiger partial charge in [-0.15, -0.1) is 0 Å². The van der Waals surface area contributed by atoms with Crippen LogP contribution in [0.2, 0.25) is 0 Å². The maximum Gasteiger partial charge on any atom is 0.350 e. The van der Waals surface area contributed by atoms with Crippen molar-refractivity contribution in [3.8, 4) is 5.75 Å². The summed E-state index contributed by atoms with van der Waals surface area (Å²) in [4.78, 5) is 59.1. The third-order valence-corrected chi connectivity index (χ3v) is 7.57. The molecule has 4 rings (SSSR count). The van der Waals surface area contributed by atoms with Crippen LogP contribution in [-0.2, 0) is 19.1 Å². The number of aliphatic imine (C=N–C) groups is 1. The maximum atomic E-state index is 12.8. The summed E-state index contributed by atoms with van der Waals surface area (Å²) >= 11 is 0. The van der Waals surface area contributed by atoms with Crippen molar-refractivity contribution in [3.63, 3.8) is 0 Å². The number of urea groups is 1. The number of fused-ring (bicyclic) bond motifs is 1. The molecule has 1 aromatic carbocycles. The molecule has 0 bridgehead atoms. The summed E-state index contributed by atoms with van der Waals surface area (Å²) in [7, 11) is 2.94. The van der Waals surface area contributed by atoms with Crippen LogP contribution < -0.4 is 15.0 Å². The highest BCUT2D eigenvalue weighted by atomic mass is 16.5. The lowest BCUT2D eigenvalue weighted by Gasteiger charge is -2.36. The first-order valence-corrected chi connectivity index (χ1v) is 14.2. The van der Waals surface area contributed by atoms with E-state index in [0.717, 1.165) is 49.8 Å². The Bertz CT molecular complexity index is 1200. The second-order valence-corrected chi connectivity index (χ2v) is 10.3. The SMILES string of the molecule is COC(=O)C1=CC2=NC(=O)N(CCCCCC(=O)NCCCN3CCN(c4ccc(OC)cc4)CC3)C(=O)C2C=C1. The molecule has 1 unspecified atom stereocenters. The molecule has 1 N–H and O–H groups in total. The Hall–Kier alpha value is -3.99. The molecule has 11 nitrogen and oxygen atoms in total. The number of esters is 1. The first kappa shape index (κ1) is 30.0. The number of nitrogens with zero attached hydrogens (tertiary/aromatic N) is 4. The second kappa shape index (κ2) is 14.6. The van der Waals surface area contributed by atoms with Crippen LogP contribution in [0.4, 0.5) is 10.5 Å². The molecule has 2 aliphatic heterocycles. The topological polar surface area (TPSA) is 121 Å². The molecule has 1 fully saturated rings. The van der Waals surface area contributed by atoms with Crippen LogP contribution in [0, 0.1) is 5.92 Å².